The van der Waals surface area contributed by atoms with Gasteiger partial charge in [-0.2, -0.15) is 0 Å². The van der Waals surface area contributed by atoms with E-state index < -0.39 is 0 Å². The molecule has 0 N–H and O–H groups in total. The largest absolute Gasteiger partial charge is 0.321 e. The van der Waals surface area contributed by atoms with E-state index >= 15 is 0 Å². The summed E-state index contributed by atoms with van der Waals surface area (Å²) in [6, 6.07) is 1.80. The molecule has 0 amide bonds. The molecular weight excluding hydrogens is 311 g/mol. The number of hydrogen-bond donors (Lipinski definition) is 0. The minimum Gasteiger partial charge on any atom is -0.321 e. The summed E-state index contributed by atoms with van der Waals surface area (Å²) in [7, 11) is 1.92. The molecule has 8 heteroatoms. The molecule has 0 aliphatic rings. The molecule has 21 heavy (non-hydrogen) atoms. The fraction of sp³-hybridized carbons (Fsp3) is 0.385. The van der Waals surface area contributed by atoms with Gasteiger partial charge in [0.2, 0.25) is 0 Å². The van der Waals surface area contributed by atoms with Crippen molar-refractivity contribution < 1.29 is 0 Å². The summed E-state index contributed by atoms with van der Waals surface area (Å²) in [5.41, 5.74) is 1.53. The molecule has 0 fully saturated rings. The summed E-state index contributed by atoms with van der Waals surface area (Å²) >= 11 is 12.2. The zero-order valence-corrected chi connectivity index (χ0v) is 13.2. The highest BCUT2D eigenvalue weighted by Gasteiger charge is 2.16. The Morgan fingerprint density at radius 3 is 2.86 bits per heavy atom. The molecule has 3 aromatic rings. The number of halogens is 2. The molecular formula is C13H14Cl2N6. The van der Waals surface area contributed by atoms with Crippen molar-refractivity contribution in [1.29, 1.82) is 0 Å². The number of pyridine rings is 1. The minimum atomic E-state index is -0.211. The lowest BCUT2D eigenvalue weighted by molar-refractivity contribution is 0.629. The number of aryl methyl sites for hydroxylation is 3. The van der Waals surface area contributed by atoms with Crippen molar-refractivity contribution in [2.45, 2.75) is 25.3 Å². The molecule has 6 nitrogen and oxygen atoms in total. The third-order valence-corrected chi connectivity index (χ3v) is 3.70. The van der Waals surface area contributed by atoms with Gasteiger partial charge in [-0.3, -0.25) is 0 Å². The fourth-order valence-electron chi connectivity index (χ4n) is 2.27. The van der Waals surface area contributed by atoms with Gasteiger partial charge in [0, 0.05) is 26.2 Å². The molecule has 3 rings (SSSR count). The van der Waals surface area contributed by atoms with E-state index in [1.165, 1.54) is 0 Å². The lowest BCUT2D eigenvalue weighted by atomic mass is 10.3. The molecule has 110 valence electrons. The van der Waals surface area contributed by atoms with Crippen LogP contribution < -0.4 is 0 Å². The molecule has 1 unspecified atom stereocenters. The van der Waals surface area contributed by atoms with Gasteiger partial charge < -0.3 is 9.13 Å². The van der Waals surface area contributed by atoms with Crippen LogP contribution in [-0.4, -0.2) is 29.3 Å². The molecule has 0 saturated carbocycles. The van der Waals surface area contributed by atoms with Gasteiger partial charge in [0.05, 0.1) is 10.4 Å². The standard InChI is InChI=1S/C13H14Cl2N6/c1-8(14)12-18-10-5-9(15)6-16-13(10)21(12)4-3-11-19-17-7-20(11)2/h5-8H,3-4H2,1-2H3. The molecule has 0 aliphatic heterocycles. The van der Waals surface area contributed by atoms with E-state index in [1.807, 2.05) is 23.1 Å². The Labute approximate surface area is 131 Å². The van der Waals surface area contributed by atoms with Crippen LogP contribution in [0, 0.1) is 0 Å². The maximum absolute atomic E-state index is 6.23. The second kappa shape index (κ2) is 5.61. The van der Waals surface area contributed by atoms with E-state index in [0.717, 1.165) is 29.2 Å². The molecule has 0 spiro atoms. The Morgan fingerprint density at radius 1 is 1.38 bits per heavy atom. The first-order valence-corrected chi connectivity index (χ1v) is 7.36. The molecule has 0 bridgehead atoms. The topological polar surface area (TPSA) is 61.4 Å². The maximum Gasteiger partial charge on any atom is 0.160 e. The first kappa shape index (κ1) is 14.3. The quantitative estimate of drug-likeness (QED) is 0.692. The van der Waals surface area contributed by atoms with Crippen LogP contribution in [0.1, 0.15) is 23.9 Å². The zero-order chi connectivity index (χ0) is 15.0. The van der Waals surface area contributed by atoms with Crippen molar-refractivity contribution in [3.8, 4) is 0 Å². The minimum absolute atomic E-state index is 0.211. The smallest absolute Gasteiger partial charge is 0.160 e. The third kappa shape index (κ3) is 2.73. The van der Waals surface area contributed by atoms with Crippen LogP contribution in [0.15, 0.2) is 18.6 Å². The third-order valence-electron chi connectivity index (χ3n) is 3.30. The molecule has 3 aromatic heterocycles. The highest BCUT2D eigenvalue weighted by atomic mass is 35.5. The number of aromatic nitrogens is 6. The highest BCUT2D eigenvalue weighted by molar-refractivity contribution is 6.31. The first-order chi connectivity index (χ1) is 10.1. The van der Waals surface area contributed by atoms with Crippen LogP contribution in [0.4, 0.5) is 0 Å². The SMILES string of the molecule is CC(Cl)c1nc2cc(Cl)cnc2n1CCc1nncn1C. The van der Waals surface area contributed by atoms with Gasteiger partial charge in [-0.25, -0.2) is 9.97 Å². The molecule has 0 aliphatic carbocycles. The summed E-state index contributed by atoms with van der Waals surface area (Å²) in [6.07, 6.45) is 4.03. The normalized spacial score (nSPS) is 13.0. The van der Waals surface area contributed by atoms with Crippen LogP contribution in [0.25, 0.3) is 11.2 Å². The average molecular weight is 325 g/mol. The Bertz CT molecular complexity index is 776. The van der Waals surface area contributed by atoms with Crippen molar-refractivity contribution in [3.63, 3.8) is 0 Å². The molecule has 0 radical (unpaired) electrons. The number of imidazole rings is 1. The lowest BCUT2D eigenvalue weighted by Crippen LogP contribution is -2.10. The molecule has 0 saturated heterocycles. The summed E-state index contributed by atoms with van der Waals surface area (Å²) < 4.78 is 3.91. The monoisotopic (exact) mass is 324 g/mol. The molecule has 3 heterocycles. The first-order valence-electron chi connectivity index (χ1n) is 6.55. The molecule has 0 aromatic carbocycles. The summed E-state index contributed by atoms with van der Waals surface area (Å²) in [5, 5.41) is 8.32. The lowest BCUT2D eigenvalue weighted by Gasteiger charge is -2.09. The van der Waals surface area contributed by atoms with Crippen LogP contribution in [-0.2, 0) is 20.0 Å². The second-order valence-corrected chi connectivity index (χ2v) is 5.93. The van der Waals surface area contributed by atoms with E-state index in [9.17, 15) is 0 Å². The van der Waals surface area contributed by atoms with Gasteiger partial charge >= 0.3 is 0 Å². The van der Waals surface area contributed by atoms with Gasteiger partial charge in [0.15, 0.2) is 5.65 Å². The van der Waals surface area contributed by atoms with E-state index in [4.69, 9.17) is 23.2 Å². The second-order valence-electron chi connectivity index (χ2n) is 4.84. The van der Waals surface area contributed by atoms with Crippen molar-refractivity contribution in [2.24, 2.45) is 7.05 Å². The number of nitrogens with zero attached hydrogens (tertiary/aromatic N) is 6. The van der Waals surface area contributed by atoms with Crippen molar-refractivity contribution in [1.82, 2.24) is 29.3 Å². The summed E-state index contributed by atoms with van der Waals surface area (Å²) in [4.78, 5) is 8.91. The van der Waals surface area contributed by atoms with Crippen LogP contribution in [0.3, 0.4) is 0 Å². The number of fused-ring (bicyclic) bond motifs is 1. The maximum atomic E-state index is 6.23. The zero-order valence-electron chi connectivity index (χ0n) is 11.7. The van der Waals surface area contributed by atoms with E-state index in [1.54, 1.807) is 18.6 Å². The van der Waals surface area contributed by atoms with Gasteiger partial charge in [0.1, 0.15) is 23.5 Å². The van der Waals surface area contributed by atoms with Crippen molar-refractivity contribution >= 4 is 34.4 Å². The summed E-state index contributed by atoms with van der Waals surface area (Å²) in [6.45, 7) is 2.58. The van der Waals surface area contributed by atoms with E-state index in [-0.39, 0.29) is 5.38 Å². The Morgan fingerprint density at radius 2 is 2.19 bits per heavy atom. The predicted molar refractivity (Wildman–Crippen MR) is 81.5 cm³/mol. The van der Waals surface area contributed by atoms with Crippen LogP contribution >= 0.6 is 23.2 Å². The average Bonchev–Trinajstić information content (AvgIpc) is 2.99. The van der Waals surface area contributed by atoms with Crippen molar-refractivity contribution in [3.05, 3.63) is 35.3 Å². The van der Waals surface area contributed by atoms with E-state index in [0.29, 0.717) is 11.6 Å². The van der Waals surface area contributed by atoms with Gasteiger partial charge in [-0.1, -0.05) is 11.6 Å². The van der Waals surface area contributed by atoms with Gasteiger partial charge in [0.25, 0.3) is 0 Å². The predicted octanol–water partition coefficient (Wildman–Crippen LogP) is 2.76. The Balaban J connectivity index is 1.99. The number of rotatable bonds is 4. The van der Waals surface area contributed by atoms with Crippen molar-refractivity contribution in [2.75, 3.05) is 0 Å². The molecule has 1 atom stereocenters. The fourth-order valence-corrected chi connectivity index (χ4v) is 2.59. The van der Waals surface area contributed by atoms with Crippen LogP contribution in [0.5, 0.6) is 0 Å². The summed E-state index contributed by atoms with van der Waals surface area (Å²) in [5.74, 6) is 1.68. The number of alkyl halides is 1. The van der Waals surface area contributed by atoms with Crippen LogP contribution in [0.2, 0.25) is 5.02 Å². The Kier molecular flexibility index (Phi) is 3.82. The Hall–Kier alpha value is -1.66. The van der Waals surface area contributed by atoms with E-state index in [2.05, 4.69) is 20.2 Å². The van der Waals surface area contributed by atoms with Gasteiger partial charge in [-0.05, 0) is 13.0 Å². The van der Waals surface area contributed by atoms with Gasteiger partial charge in [-0.15, -0.1) is 21.8 Å². The number of hydrogen-bond acceptors (Lipinski definition) is 4. The highest BCUT2D eigenvalue weighted by Crippen LogP contribution is 2.25.